The van der Waals surface area contributed by atoms with Gasteiger partial charge in [0.2, 0.25) is 0 Å². The molecule has 2 rings (SSSR count). The number of esters is 2. The molecule has 8 heteroatoms. The Kier molecular flexibility index (Phi) is 6.60. The smallest absolute Gasteiger partial charge is 0.343 e. The summed E-state index contributed by atoms with van der Waals surface area (Å²) in [4.78, 5) is 25.8. The van der Waals surface area contributed by atoms with Gasteiger partial charge in [0.05, 0.1) is 31.9 Å². The number of anilines is 1. The van der Waals surface area contributed by atoms with Crippen molar-refractivity contribution in [2.45, 2.75) is 33.2 Å². The molecule has 0 aliphatic carbocycles. The highest BCUT2D eigenvalue weighted by atomic mass is 16.5. The van der Waals surface area contributed by atoms with Gasteiger partial charge in [-0.1, -0.05) is 0 Å². The Labute approximate surface area is 141 Å². The third-order valence-electron chi connectivity index (χ3n) is 4.13. The quantitative estimate of drug-likeness (QED) is 0.738. The average molecular weight is 338 g/mol. The summed E-state index contributed by atoms with van der Waals surface area (Å²) in [6, 6.07) is 0. The maximum Gasteiger partial charge on any atom is 0.343 e. The molecule has 2 N–H and O–H groups in total. The highest BCUT2D eigenvalue weighted by molar-refractivity contribution is 5.93. The molecule has 1 saturated heterocycles. The minimum absolute atomic E-state index is 0.0660. The molecular formula is C16H26N4O4. The van der Waals surface area contributed by atoms with Gasteiger partial charge in [0.15, 0.2) is 0 Å². The highest BCUT2D eigenvalue weighted by Crippen LogP contribution is 2.18. The molecule has 1 aliphatic rings. The molecule has 0 spiro atoms. The molecule has 0 amide bonds. The molecule has 0 unspecified atom stereocenters. The lowest BCUT2D eigenvalue weighted by Gasteiger charge is -2.31. The number of carbonyl (C=O) groups is 2. The van der Waals surface area contributed by atoms with Gasteiger partial charge in [0.25, 0.3) is 0 Å². The van der Waals surface area contributed by atoms with Gasteiger partial charge in [0.1, 0.15) is 11.4 Å². The van der Waals surface area contributed by atoms with E-state index in [-0.39, 0.29) is 11.9 Å². The van der Waals surface area contributed by atoms with Gasteiger partial charge < -0.3 is 20.1 Å². The molecule has 1 aromatic rings. The number of nitrogens with two attached hydrogens (primary N) is 1. The van der Waals surface area contributed by atoms with E-state index in [2.05, 4.69) is 10.00 Å². The normalized spacial score (nSPS) is 18.3. The molecule has 1 atom stereocenters. The zero-order chi connectivity index (χ0) is 17.5. The molecular weight excluding hydrogens is 312 g/mol. The van der Waals surface area contributed by atoms with Crippen LogP contribution in [0.4, 0.5) is 5.82 Å². The van der Waals surface area contributed by atoms with Crippen molar-refractivity contribution in [3.63, 3.8) is 0 Å². The van der Waals surface area contributed by atoms with E-state index in [1.807, 2.05) is 6.92 Å². The van der Waals surface area contributed by atoms with E-state index >= 15 is 0 Å². The van der Waals surface area contributed by atoms with E-state index in [1.54, 1.807) is 11.6 Å². The number of nitrogen functional groups attached to an aromatic ring is 1. The summed E-state index contributed by atoms with van der Waals surface area (Å²) < 4.78 is 11.7. The summed E-state index contributed by atoms with van der Waals surface area (Å²) in [5.74, 6) is -0.330. The van der Waals surface area contributed by atoms with Crippen LogP contribution in [-0.2, 0) is 20.8 Å². The maximum absolute atomic E-state index is 11.9. The SMILES string of the molecule is CCOC(=O)c1cnn(CCN2CCC[C@@H](C(=O)OCC)C2)c1N. The Bertz CT molecular complexity index is 572. The molecule has 0 bridgehead atoms. The van der Waals surface area contributed by atoms with Gasteiger partial charge in [-0.3, -0.25) is 4.79 Å². The van der Waals surface area contributed by atoms with Crippen LogP contribution in [0.2, 0.25) is 0 Å². The fourth-order valence-corrected chi connectivity index (χ4v) is 2.89. The third kappa shape index (κ3) is 4.47. The number of aromatic nitrogens is 2. The van der Waals surface area contributed by atoms with Crippen molar-refractivity contribution in [3.05, 3.63) is 11.8 Å². The van der Waals surface area contributed by atoms with E-state index in [0.29, 0.717) is 44.2 Å². The minimum atomic E-state index is -0.457. The molecule has 0 radical (unpaired) electrons. The zero-order valence-electron chi connectivity index (χ0n) is 14.4. The second-order valence-corrected chi connectivity index (χ2v) is 5.78. The topological polar surface area (TPSA) is 99.7 Å². The molecule has 134 valence electrons. The summed E-state index contributed by atoms with van der Waals surface area (Å²) in [5.41, 5.74) is 6.26. The van der Waals surface area contributed by atoms with Crippen molar-refractivity contribution in [2.24, 2.45) is 5.92 Å². The van der Waals surface area contributed by atoms with Crippen LogP contribution in [0, 0.1) is 5.92 Å². The molecule has 0 aromatic carbocycles. The number of likely N-dealkylation sites (tertiary alicyclic amines) is 1. The number of ether oxygens (including phenoxy) is 2. The summed E-state index contributed by atoms with van der Waals surface area (Å²) in [6.45, 7) is 7.16. The van der Waals surface area contributed by atoms with E-state index in [9.17, 15) is 9.59 Å². The highest BCUT2D eigenvalue weighted by Gasteiger charge is 2.26. The number of carbonyl (C=O) groups excluding carboxylic acids is 2. The van der Waals surface area contributed by atoms with Crippen LogP contribution in [0.5, 0.6) is 0 Å². The van der Waals surface area contributed by atoms with Crippen LogP contribution in [-0.4, -0.2) is 59.5 Å². The van der Waals surface area contributed by atoms with Gasteiger partial charge >= 0.3 is 11.9 Å². The van der Waals surface area contributed by atoms with Crippen LogP contribution in [0.1, 0.15) is 37.0 Å². The van der Waals surface area contributed by atoms with E-state index in [4.69, 9.17) is 15.2 Å². The fraction of sp³-hybridized carbons (Fsp3) is 0.688. The van der Waals surface area contributed by atoms with Gasteiger partial charge in [0, 0.05) is 13.1 Å². The van der Waals surface area contributed by atoms with Crippen molar-refractivity contribution < 1.29 is 19.1 Å². The van der Waals surface area contributed by atoms with Crippen molar-refractivity contribution >= 4 is 17.8 Å². The number of rotatable bonds is 7. The molecule has 1 aliphatic heterocycles. The lowest BCUT2D eigenvalue weighted by Crippen LogP contribution is -2.40. The summed E-state index contributed by atoms with van der Waals surface area (Å²) >= 11 is 0. The van der Waals surface area contributed by atoms with E-state index < -0.39 is 5.97 Å². The first-order valence-corrected chi connectivity index (χ1v) is 8.44. The van der Waals surface area contributed by atoms with Crippen LogP contribution < -0.4 is 5.73 Å². The summed E-state index contributed by atoms with van der Waals surface area (Å²) in [7, 11) is 0. The van der Waals surface area contributed by atoms with Crippen molar-refractivity contribution in [3.8, 4) is 0 Å². The minimum Gasteiger partial charge on any atom is -0.466 e. The molecule has 2 heterocycles. The Hall–Kier alpha value is -2.09. The van der Waals surface area contributed by atoms with Crippen molar-refractivity contribution in [1.82, 2.24) is 14.7 Å². The predicted molar refractivity (Wildman–Crippen MR) is 88.4 cm³/mol. The molecule has 1 fully saturated rings. The molecule has 8 nitrogen and oxygen atoms in total. The van der Waals surface area contributed by atoms with Gasteiger partial charge in [-0.15, -0.1) is 0 Å². The monoisotopic (exact) mass is 338 g/mol. The van der Waals surface area contributed by atoms with E-state index in [1.165, 1.54) is 6.20 Å². The van der Waals surface area contributed by atoms with Crippen molar-refractivity contribution in [1.29, 1.82) is 0 Å². The second-order valence-electron chi connectivity index (χ2n) is 5.78. The van der Waals surface area contributed by atoms with Crippen LogP contribution >= 0.6 is 0 Å². The number of hydrogen-bond donors (Lipinski definition) is 1. The Morgan fingerprint density at radius 3 is 2.75 bits per heavy atom. The van der Waals surface area contributed by atoms with Crippen LogP contribution in [0.15, 0.2) is 6.20 Å². The molecule has 0 saturated carbocycles. The van der Waals surface area contributed by atoms with E-state index in [0.717, 1.165) is 19.4 Å². The number of hydrogen-bond acceptors (Lipinski definition) is 7. The summed E-state index contributed by atoms with van der Waals surface area (Å²) in [6.07, 6.45) is 3.27. The summed E-state index contributed by atoms with van der Waals surface area (Å²) in [5, 5.41) is 4.16. The Balaban J connectivity index is 1.89. The van der Waals surface area contributed by atoms with Gasteiger partial charge in [-0.25, -0.2) is 9.48 Å². The molecule has 24 heavy (non-hydrogen) atoms. The van der Waals surface area contributed by atoms with Gasteiger partial charge in [-0.05, 0) is 33.2 Å². The first kappa shape index (κ1) is 18.3. The maximum atomic E-state index is 11.9. The van der Waals surface area contributed by atoms with Crippen LogP contribution in [0.3, 0.4) is 0 Å². The fourth-order valence-electron chi connectivity index (χ4n) is 2.89. The second kappa shape index (κ2) is 8.68. The predicted octanol–water partition coefficient (Wildman–Crippen LogP) is 0.917. The lowest BCUT2D eigenvalue weighted by molar-refractivity contribution is -0.149. The van der Waals surface area contributed by atoms with Crippen molar-refractivity contribution in [2.75, 3.05) is 38.6 Å². The first-order valence-electron chi connectivity index (χ1n) is 8.44. The zero-order valence-corrected chi connectivity index (χ0v) is 14.4. The lowest BCUT2D eigenvalue weighted by atomic mass is 9.98. The average Bonchev–Trinajstić information content (AvgIpc) is 2.94. The third-order valence-corrected chi connectivity index (χ3v) is 4.13. The largest absolute Gasteiger partial charge is 0.466 e. The number of nitrogens with zero attached hydrogens (tertiary/aromatic N) is 3. The Morgan fingerprint density at radius 2 is 2.04 bits per heavy atom. The Morgan fingerprint density at radius 1 is 1.29 bits per heavy atom. The van der Waals surface area contributed by atoms with Gasteiger partial charge in [-0.2, -0.15) is 5.10 Å². The molecule has 1 aromatic heterocycles. The van der Waals surface area contributed by atoms with Crippen LogP contribution in [0.25, 0.3) is 0 Å². The first-order chi connectivity index (χ1) is 11.6. The standard InChI is InChI=1S/C16H26N4O4/c1-3-23-15(21)12-6-5-7-19(11-12)8-9-20-14(17)13(10-18-20)16(22)24-4-2/h10,12H,3-9,11,17H2,1-2H3/t12-/m1/s1. The number of piperidine rings is 1.